The normalized spacial score (nSPS) is 17.1. The fourth-order valence-corrected chi connectivity index (χ4v) is 6.18. The highest BCUT2D eigenvalue weighted by atomic mass is 32.1. The Hall–Kier alpha value is -3.71. The summed E-state index contributed by atoms with van der Waals surface area (Å²) < 4.78 is 6.03. The molecule has 1 saturated carbocycles. The van der Waals surface area contributed by atoms with Crippen LogP contribution in [0.3, 0.4) is 0 Å². The highest BCUT2D eigenvalue weighted by Crippen LogP contribution is 2.34. The number of fused-ring (bicyclic) bond motifs is 1. The van der Waals surface area contributed by atoms with E-state index < -0.39 is 0 Å². The van der Waals surface area contributed by atoms with Gasteiger partial charge in [0.15, 0.2) is 5.13 Å². The summed E-state index contributed by atoms with van der Waals surface area (Å²) in [5.74, 6) is -0.217. The Morgan fingerprint density at radius 2 is 1.62 bits per heavy atom. The largest absolute Gasteiger partial charge is 0.469 e. The van der Waals surface area contributed by atoms with Crippen LogP contribution in [0.1, 0.15) is 42.7 Å². The Morgan fingerprint density at radius 3 is 2.27 bits per heavy atom. The molecule has 0 unspecified atom stereocenters. The molecular weight excluding hydrogens is 482 g/mol. The van der Waals surface area contributed by atoms with E-state index in [2.05, 4.69) is 58.8 Å². The minimum absolute atomic E-state index is 0.0364. The third-order valence-corrected chi connectivity index (χ3v) is 8.16. The maximum absolute atomic E-state index is 13.7. The lowest BCUT2D eigenvalue weighted by Crippen LogP contribution is -2.43. The van der Waals surface area contributed by atoms with Gasteiger partial charge >= 0.3 is 12.0 Å². The van der Waals surface area contributed by atoms with Gasteiger partial charge in [-0.15, -0.1) is 0 Å². The van der Waals surface area contributed by atoms with Crippen LogP contribution < -0.4 is 5.32 Å². The van der Waals surface area contributed by atoms with E-state index in [1.54, 1.807) is 0 Å². The number of nitrogens with one attached hydrogen (secondary N) is 1. The van der Waals surface area contributed by atoms with Gasteiger partial charge < -0.3 is 9.64 Å². The molecule has 1 aliphatic rings. The first-order valence-corrected chi connectivity index (χ1v) is 13.5. The highest BCUT2D eigenvalue weighted by molar-refractivity contribution is 7.22. The second-order valence-corrected chi connectivity index (χ2v) is 10.5. The first-order chi connectivity index (χ1) is 18.1. The topological polar surface area (TPSA) is 71.5 Å². The van der Waals surface area contributed by atoms with Crippen LogP contribution in [0, 0.1) is 5.92 Å². The molecule has 0 radical (unpaired) electrons. The molecule has 7 heteroatoms. The average Bonchev–Trinajstić information content (AvgIpc) is 3.59. The van der Waals surface area contributed by atoms with Crippen LogP contribution in [0.25, 0.3) is 10.2 Å². The number of thiazole rings is 1. The predicted octanol–water partition coefficient (Wildman–Crippen LogP) is 6.69. The molecule has 1 N–H and O–H groups in total. The van der Waals surface area contributed by atoms with E-state index in [0.717, 1.165) is 29.5 Å². The van der Waals surface area contributed by atoms with Gasteiger partial charge in [0.25, 0.3) is 0 Å². The number of hydrogen-bond donors (Lipinski definition) is 1. The summed E-state index contributed by atoms with van der Waals surface area (Å²) in [6.45, 7) is 0.559. The van der Waals surface area contributed by atoms with E-state index >= 15 is 0 Å². The van der Waals surface area contributed by atoms with Crippen molar-refractivity contribution in [2.45, 2.75) is 37.6 Å². The fourth-order valence-electron chi connectivity index (χ4n) is 5.33. The van der Waals surface area contributed by atoms with Gasteiger partial charge in [0.2, 0.25) is 0 Å². The Bertz CT molecular complexity index is 1270. The third-order valence-electron chi connectivity index (χ3n) is 7.21. The van der Waals surface area contributed by atoms with Gasteiger partial charge in [0, 0.05) is 18.5 Å². The molecule has 1 fully saturated rings. The molecule has 5 rings (SSSR count). The van der Waals surface area contributed by atoms with E-state index in [-0.39, 0.29) is 29.9 Å². The van der Waals surface area contributed by atoms with E-state index in [9.17, 15) is 9.59 Å². The molecular formula is C30H31N3O3S. The van der Waals surface area contributed by atoms with Crippen LogP contribution in [-0.4, -0.2) is 41.6 Å². The molecule has 4 aromatic rings. The number of hydrogen-bond acceptors (Lipinski definition) is 5. The van der Waals surface area contributed by atoms with Crippen molar-refractivity contribution in [1.82, 2.24) is 9.88 Å². The van der Waals surface area contributed by atoms with Gasteiger partial charge in [0.1, 0.15) is 0 Å². The first-order valence-electron chi connectivity index (χ1n) is 12.7. The Morgan fingerprint density at radius 1 is 0.973 bits per heavy atom. The molecule has 3 aromatic carbocycles. The van der Waals surface area contributed by atoms with Crippen LogP contribution in [0.5, 0.6) is 0 Å². The zero-order chi connectivity index (χ0) is 25.6. The van der Waals surface area contributed by atoms with Crippen molar-refractivity contribution >= 4 is 38.7 Å². The van der Waals surface area contributed by atoms with Crippen LogP contribution in [0.2, 0.25) is 0 Å². The molecule has 6 nitrogen and oxygen atoms in total. The number of esters is 1. The minimum atomic E-state index is -0.194. The number of rotatable bonds is 8. The summed E-state index contributed by atoms with van der Waals surface area (Å²) in [6.07, 6.45) is 2.87. The highest BCUT2D eigenvalue weighted by Gasteiger charge is 2.36. The zero-order valence-corrected chi connectivity index (χ0v) is 21.7. The van der Waals surface area contributed by atoms with Crippen molar-refractivity contribution in [3.63, 3.8) is 0 Å². The lowest BCUT2D eigenvalue weighted by molar-refractivity contribution is -0.145. The van der Waals surface area contributed by atoms with E-state index in [1.165, 1.54) is 29.6 Å². The number of methoxy groups -OCH3 is 1. The summed E-state index contributed by atoms with van der Waals surface area (Å²) in [7, 11) is 1.43. The summed E-state index contributed by atoms with van der Waals surface area (Å²) in [5.41, 5.74) is 3.31. The number of anilines is 1. The van der Waals surface area contributed by atoms with Gasteiger partial charge in [-0.3, -0.25) is 10.1 Å². The van der Waals surface area contributed by atoms with Gasteiger partial charge in [-0.05, 0) is 48.9 Å². The number of amides is 2. The number of nitrogens with zero attached hydrogens (tertiary/aromatic N) is 2. The molecule has 0 saturated heterocycles. The quantitative estimate of drug-likeness (QED) is 0.266. The summed E-state index contributed by atoms with van der Waals surface area (Å²) >= 11 is 1.47. The maximum atomic E-state index is 13.7. The monoisotopic (exact) mass is 513 g/mol. The van der Waals surface area contributed by atoms with Crippen molar-refractivity contribution < 1.29 is 14.3 Å². The SMILES string of the molecule is COC(=O)[C@H]1CC[C@@H](N(CCC(c2ccccc2)c2ccccc2)C(=O)Nc2nc3ccccc3s2)C1. The number of carbonyl (C=O) groups is 2. The van der Waals surface area contributed by atoms with Crippen LogP contribution in [0.15, 0.2) is 84.9 Å². The van der Waals surface area contributed by atoms with E-state index in [1.807, 2.05) is 41.3 Å². The predicted molar refractivity (Wildman–Crippen MR) is 148 cm³/mol. The summed E-state index contributed by atoms with van der Waals surface area (Å²) in [6, 6.07) is 28.5. The lowest BCUT2D eigenvalue weighted by atomic mass is 9.88. The number of carbonyl (C=O) groups excluding carboxylic acids is 2. The molecule has 1 aliphatic carbocycles. The van der Waals surface area contributed by atoms with Crippen molar-refractivity contribution in [3.8, 4) is 0 Å². The third kappa shape index (κ3) is 5.83. The smallest absolute Gasteiger partial charge is 0.323 e. The zero-order valence-electron chi connectivity index (χ0n) is 20.9. The second kappa shape index (κ2) is 11.6. The molecule has 0 aliphatic heterocycles. The van der Waals surface area contributed by atoms with Crippen molar-refractivity contribution in [1.29, 1.82) is 0 Å². The lowest BCUT2D eigenvalue weighted by Gasteiger charge is -2.31. The number of para-hydroxylation sites is 1. The Labute approximate surface area is 221 Å². The van der Waals surface area contributed by atoms with Gasteiger partial charge in [-0.25, -0.2) is 9.78 Å². The molecule has 1 heterocycles. The average molecular weight is 514 g/mol. The molecule has 2 amide bonds. The Balaban J connectivity index is 1.38. The Kier molecular flexibility index (Phi) is 7.80. The van der Waals surface area contributed by atoms with E-state index in [0.29, 0.717) is 18.1 Å². The van der Waals surface area contributed by atoms with Crippen LogP contribution >= 0.6 is 11.3 Å². The molecule has 37 heavy (non-hydrogen) atoms. The molecule has 190 valence electrons. The van der Waals surface area contributed by atoms with Gasteiger partial charge in [-0.1, -0.05) is 84.1 Å². The molecule has 0 spiro atoms. The number of aromatic nitrogens is 1. The maximum Gasteiger partial charge on any atom is 0.323 e. The minimum Gasteiger partial charge on any atom is -0.469 e. The molecule has 1 aromatic heterocycles. The van der Waals surface area contributed by atoms with Crippen molar-refractivity contribution in [2.24, 2.45) is 5.92 Å². The van der Waals surface area contributed by atoms with Crippen LogP contribution in [-0.2, 0) is 9.53 Å². The van der Waals surface area contributed by atoms with Crippen molar-refractivity contribution in [2.75, 3.05) is 19.0 Å². The van der Waals surface area contributed by atoms with Gasteiger partial charge in [-0.2, -0.15) is 0 Å². The summed E-state index contributed by atoms with van der Waals surface area (Å²) in [4.78, 5) is 32.4. The fraction of sp³-hybridized carbons (Fsp3) is 0.300. The van der Waals surface area contributed by atoms with E-state index in [4.69, 9.17) is 4.74 Å². The van der Waals surface area contributed by atoms with Crippen LogP contribution in [0.4, 0.5) is 9.93 Å². The standard InChI is InChI=1S/C30H31N3O3S/c1-36-28(34)23-16-17-24(20-23)33(30(35)32-29-31-26-14-8-9-15-27(26)37-29)19-18-25(21-10-4-2-5-11-21)22-12-6-3-7-13-22/h2-15,23-25H,16-20H2,1H3,(H,31,32,35)/t23-,24+/m0/s1. The van der Waals surface area contributed by atoms with Crippen molar-refractivity contribution in [3.05, 3.63) is 96.1 Å². The number of benzene rings is 3. The molecule has 2 atom stereocenters. The van der Waals surface area contributed by atoms with Gasteiger partial charge in [0.05, 0.1) is 23.2 Å². The number of urea groups is 1. The number of ether oxygens (including phenoxy) is 1. The second-order valence-electron chi connectivity index (χ2n) is 9.46. The first kappa shape index (κ1) is 25.0. The molecule has 0 bridgehead atoms. The summed E-state index contributed by atoms with van der Waals surface area (Å²) in [5, 5.41) is 3.63.